The fraction of sp³-hybridized carbons (Fsp3) is 0.737. The van der Waals surface area contributed by atoms with Gasteiger partial charge >= 0.3 is 0 Å². The van der Waals surface area contributed by atoms with E-state index >= 15 is 0 Å². The molecular formula is C19H35N5O3S2. The first-order valence-electron chi connectivity index (χ1n) is 9.99. The number of ether oxygens (including phenoxy) is 1. The summed E-state index contributed by atoms with van der Waals surface area (Å²) in [5, 5.41) is 6.70. The van der Waals surface area contributed by atoms with Crippen LogP contribution in [0, 0.1) is 6.92 Å². The van der Waals surface area contributed by atoms with Crippen molar-refractivity contribution in [1.82, 2.24) is 20.3 Å². The molecule has 1 aliphatic heterocycles. The maximum atomic E-state index is 11.6. The van der Waals surface area contributed by atoms with Gasteiger partial charge in [-0.2, -0.15) is 0 Å². The summed E-state index contributed by atoms with van der Waals surface area (Å²) in [7, 11) is -3.29. The summed E-state index contributed by atoms with van der Waals surface area (Å²) < 4.78 is 31.3. The molecule has 0 amide bonds. The van der Waals surface area contributed by atoms with Crippen molar-refractivity contribution in [3.63, 3.8) is 0 Å². The molecule has 0 radical (unpaired) electrons. The minimum atomic E-state index is -3.29. The van der Waals surface area contributed by atoms with Crippen LogP contribution >= 0.6 is 11.3 Å². The quantitative estimate of drug-likeness (QED) is 0.392. The van der Waals surface area contributed by atoms with E-state index in [4.69, 9.17) is 4.74 Å². The monoisotopic (exact) mass is 445 g/mol. The number of aliphatic imine (C=N–C) groups is 1. The third-order valence-electron chi connectivity index (χ3n) is 4.48. The van der Waals surface area contributed by atoms with Gasteiger partial charge in [0.15, 0.2) is 5.96 Å². The van der Waals surface area contributed by atoms with E-state index in [2.05, 4.69) is 44.3 Å². The lowest BCUT2D eigenvalue weighted by Gasteiger charge is -2.34. The van der Waals surface area contributed by atoms with Gasteiger partial charge in [0.1, 0.15) is 0 Å². The Morgan fingerprint density at radius 2 is 2.00 bits per heavy atom. The second-order valence-electron chi connectivity index (χ2n) is 7.95. The molecule has 1 aromatic heterocycles. The first-order valence-corrected chi connectivity index (χ1v) is 12.7. The molecule has 10 heteroatoms. The van der Waals surface area contributed by atoms with Gasteiger partial charge in [0.25, 0.3) is 0 Å². The Labute approximate surface area is 179 Å². The van der Waals surface area contributed by atoms with Gasteiger partial charge in [0.2, 0.25) is 10.0 Å². The number of morpholine rings is 1. The molecule has 3 N–H and O–H groups in total. The number of nitrogens with zero attached hydrogens (tertiary/aromatic N) is 2. The number of thiophene rings is 1. The zero-order valence-corrected chi connectivity index (χ0v) is 19.8. The second kappa shape index (κ2) is 10.7. The summed E-state index contributed by atoms with van der Waals surface area (Å²) in [5.74, 6) is 0.683. The van der Waals surface area contributed by atoms with Gasteiger partial charge in [-0.1, -0.05) is 0 Å². The topological polar surface area (TPSA) is 95.1 Å². The molecule has 1 atom stereocenters. The van der Waals surface area contributed by atoms with E-state index in [-0.39, 0.29) is 6.04 Å². The zero-order valence-electron chi connectivity index (χ0n) is 18.1. The van der Waals surface area contributed by atoms with Crippen LogP contribution in [0.25, 0.3) is 0 Å². The standard InChI is InChI=1S/C19H35N5O3S2/c1-6-20-18(22-14-19(3,4)23-29(5,25)26)21-13-16(17-8-7-15(2)28-17)24-9-11-27-12-10-24/h7-8,16,23H,6,9-14H2,1-5H3,(H2,20,21,22). The normalized spacial score (nSPS) is 17.9. The van der Waals surface area contributed by atoms with Crippen molar-refractivity contribution in [2.45, 2.75) is 39.3 Å². The number of guanidine groups is 1. The maximum Gasteiger partial charge on any atom is 0.209 e. The van der Waals surface area contributed by atoms with Gasteiger partial charge in [0, 0.05) is 41.5 Å². The summed E-state index contributed by atoms with van der Waals surface area (Å²) >= 11 is 1.82. The van der Waals surface area contributed by atoms with E-state index in [1.165, 1.54) is 9.75 Å². The lowest BCUT2D eigenvalue weighted by atomic mass is 10.1. The molecule has 0 saturated carbocycles. The third-order valence-corrected chi connectivity index (χ3v) is 6.50. The van der Waals surface area contributed by atoms with Crippen molar-refractivity contribution in [2.75, 3.05) is 52.2 Å². The molecule has 1 aliphatic rings. The van der Waals surface area contributed by atoms with Crippen molar-refractivity contribution < 1.29 is 13.2 Å². The molecule has 8 nitrogen and oxygen atoms in total. The Bertz CT molecular complexity index is 771. The number of rotatable bonds is 9. The van der Waals surface area contributed by atoms with Crippen molar-refractivity contribution in [3.05, 3.63) is 21.9 Å². The summed E-state index contributed by atoms with van der Waals surface area (Å²) in [5.41, 5.74) is -0.662. The Kier molecular flexibility index (Phi) is 8.90. The average Bonchev–Trinajstić information content (AvgIpc) is 3.05. The van der Waals surface area contributed by atoms with Crippen LogP contribution in [-0.4, -0.2) is 77.0 Å². The predicted molar refractivity (Wildman–Crippen MR) is 120 cm³/mol. The second-order valence-corrected chi connectivity index (χ2v) is 11.0. The van der Waals surface area contributed by atoms with Gasteiger partial charge in [-0.05, 0) is 39.8 Å². The molecule has 0 bridgehead atoms. The molecule has 1 fully saturated rings. The molecular weight excluding hydrogens is 410 g/mol. The number of sulfonamides is 1. The highest BCUT2D eigenvalue weighted by Gasteiger charge is 2.25. The summed E-state index contributed by atoms with van der Waals surface area (Å²) in [6.07, 6.45) is 1.16. The van der Waals surface area contributed by atoms with Crippen LogP contribution in [0.4, 0.5) is 0 Å². The molecule has 0 spiro atoms. The zero-order chi connectivity index (χ0) is 21.5. The Morgan fingerprint density at radius 3 is 2.55 bits per heavy atom. The van der Waals surface area contributed by atoms with E-state index in [1.807, 2.05) is 32.1 Å². The van der Waals surface area contributed by atoms with Gasteiger partial charge in [-0.3, -0.25) is 9.89 Å². The van der Waals surface area contributed by atoms with E-state index in [9.17, 15) is 8.42 Å². The minimum Gasteiger partial charge on any atom is -0.379 e. The summed E-state index contributed by atoms with van der Waals surface area (Å²) in [4.78, 5) is 9.68. The molecule has 2 heterocycles. The highest BCUT2D eigenvalue weighted by Crippen LogP contribution is 2.27. The first-order chi connectivity index (χ1) is 13.6. The number of hydrogen-bond donors (Lipinski definition) is 3. The molecule has 29 heavy (non-hydrogen) atoms. The van der Waals surface area contributed by atoms with Gasteiger partial charge in [-0.15, -0.1) is 11.3 Å². The molecule has 166 valence electrons. The highest BCUT2D eigenvalue weighted by atomic mass is 32.2. The fourth-order valence-electron chi connectivity index (χ4n) is 3.28. The van der Waals surface area contributed by atoms with Gasteiger partial charge in [-0.25, -0.2) is 13.1 Å². The Balaban J connectivity index is 2.08. The van der Waals surface area contributed by atoms with Crippen LogP contribution in [0.3, 0.4) is 0 Å². The number of hydrogen-bond acceptors (Lipinski definition) is 6. The molecule has 2 rings (SSSR count). The van der Waals surface area contributed by atoms with Crippen LogP contribution in [0.5, 0.6) is 0 Å². The Morgan fingerprint density at radius 1 is 1.31 bits per heavy atom. The highest BCUT2D eigenvalue weighted by molar-refractivity contribution is 7.88. The smallest absolute Gasteiger partial charge is 0.209 e. The van der Waals surface area contributed by atoms with Crippen molar-refractivity contribution in [1.29, 1.82) is 0 Å². The summed E-state index contributed by atoms with van der Waals surface area (Å²) in [6.45, 7) is 12.9. The minimum absolute atomic E-state index is 0.239. The van der Waals surface area contributed by atoms with Gasteiger partial charge in [0.05, 0.1) is 32.1 Å². The average molecular weight is 446 g/mol. The molecule has 0 aromatic carbocycles. The van der Waals surface area contributed by atoms with Crippen LogP contribution in [0.1, 0.15) is 36.6 Å². The predicted octanol–water partition coefficient (Wildman–Crippen LogP) is 1.31. The SMILES string of the molecule is CCNC(=NCC(C)(C)NS(C)(=O)=O)NCC(c1ccc(C)s1)N1CCOCC1. The van der Waals surface area contributed by atoms with E-state index in [1.54, 1.807) is 0 Å². The van der Waals surface area contributed by atoms with E-state index in [0.717, 1.165) is 39.1 Å². The fourth-order valence-corrected chi connectivity index (χ4v) is 5.36. The largest absolute Gasteiger partial charge is 0.379 e. The van der Waals surface area contributed by atoms with Crippen LogP contribution < -0.4 is 15.4 Å². The summed E-state index contributed by atoms with van der Waals surface area (Å²) in [6, 6.07) is 4.60. The molecule has 1 unspecified atom stereocenters. The van der Waals surface area contributed by atoms with Gasteiger partial charge < -0.3 is 15.4 Å². The lowest BCUT2D eigenvalue weighted by Crippen LogP contribution is -2.48. The third kappa shape index (κ3) is 8.59. The van der Waals surface area contributed by atoms with Crippen LogP contribution in [0.15, 0.2) is 17.1 Å². The lowest BCUT2D eigenvalue weighted by molar-refractivity contribution is 0.0177. The Hall–Kier alpha value is -1.20. The molecule has 0 aliphatic carbocycles. The number of nitrogens with one attached hydrogen (secondary N) is 3. The van der Waals surface area contributed by atoms with E-state index in [0.29, 0.717) is 19.0 Å². The van der Waals surface area contributed by atoms with Crippen molar-refractivity contribution in [3.8, 4) is 0 Å². The molecule has 1 aromatic rings. The number of aryl methyl sites for hydroxylation is 1. The van der Waals surface area contributed by atoms with Crippen LogP contribution in [0.2, 0.25) is 0 Å². The van der Waals surface area contributed by atoms with E-state index < -0.39 is 15.6 Å². The molecule has 1 saturated heterocycles. The van der Waals surface area contributed by atoms with Crippen LogP contribution in [-0.2, 0) is 14.8 Å². The van der Waals surface area contributed by atoms with Crippen molar-refractivity contribution >= 4 is 27.3 Å². The van der Waals surface area contributed by atoms with Crippen molar-refractivity contribution in [2.24, 2.45) is 4.99 Å². The maximum absolute atomic E-state index is 11.6. The first kappa shape index (κ1) is 24.1.